The molecule has 0 aliphatic heterocycles. The first-order valence-corrected chi connectivity index (χ1v) is 10.1. The van der Waals surface area contributed by atoms with Gasteiger partial charge in [0.05, 0.1) is 0 Å². The van der Waals surface area contributed by atoms with Crippen LogP contribution in [0.1, 0.15) is 25.3 Å². The summed E-state index contributed by atoms with van der Waals surface area (Å²) < 4.78 is 0. The quantitative estimate of drug-likeness (QED) is 0.523. The largest absolute Gasteiger partial charge is 0.508 e. The van der Waals surface area contributed by atoms with Crippen molar-refractivity contribution in [2.24, 2.45) is 0 Å². The summed E-state index contributed by atoms with van der Waals surface area (Å²) in [6.07, 6.45) is 1.39. The van der Waals surface area contributed by atoms with E-state index in [1.807, 2.05) is 72.8 Å². The number of hydrogen-bond acceptors (Lipinski definition) is 3. The van der Waals surface area contributed by atoms with Gasteiger partial charge in [-0.05, 0) is 30.7 Å². The maximum atomic E-state index is 12.6. The molecule has 0 saturated heterocycles. The minimum Gasteiger partial charge on any atom is -0.508 e. The van der Waals surface area contributed by atoms with E-state index in [0.29, 0.717) is 25.3 Å². The van der Waals surface area contributed by atoms with Gasteiger partial charge in [-0.2, -0.15) is 0 Å². The lowest BCUT2D eigenvalue weighted by Gasteiger charge is -2.22. The Bertz CT molecular complexity index is 925. The SMILES string of the molecule is CCCN(CCC(=O)Nc1ccccc1-c1ccccc1)Cc1ccccc1O. The van der Waals surface area contributed by atoms with E-state index >= 15 is 0 Å². The predicted molar refractivity (Wildman–Crippen MR) is 119 cm³/mol. The van der Waals surface area contributed by atoms with Crippen molar-refractivity contribution >= 4 is 11.6 Å². The average Bonchev–Trinajstić information content (AvgIpc) is 2.75. The summed E-state index contributed by atoms with van der Waals surface area (Å²) in [4.78, 5) is 14.8. The molecule has 0 aromatic heterocycles. The summed E-state index contributed by atoms with van der Waals surface area (Å²) >= 11 is 0. The molecule has 0 saturated carbocycles. The number of rotatable bonds is 9. The maximum absolute atomic E-state index is 12.6. The standard InChI is InChI=1S/C25H28N2O2/c1-2-17-27(19-21-12-6-9-15-24(21)28)18-16-25(29)26-23-14-8-7-13-22(23)20-10-4-3-5-11-20/h3-15,28H,2,16-19H2,1H3,(H,26,29). The van der Waals surface area contributed by atoms with Gasteiger partial charge in [0.25, 0.3) is 0 Å². The molecule has 0 heterocycles. The highest BCUT2D eigenvalue weighted by Gasteiger charge is 2.12. The first-order chi connectivity index (χ1) is 14.2. The number of para-hydroxylation sites is 2. The Morgan fingerprint density at radius 3 is 2.34 bits per heavy atom. The molecule has 3 aromatic carbocycles. The molecule has 2 N–H and O–H groups in total. The van der Waals surface area contributed by atoms with Crippen LogP contribution < -0.4 is 5.32 Å². The zero-order valence-corrected chi connectivity index (χ0v) is 16.8. The third kappa shape index (κ3) is 5.93. The number of carbonyl (C=O) groups is 1. The maximum Gasteiger partial charge on any atom is 0.225 e. The number of nitrogens with zero attached hydrogens (tertiary/aromatic N) is 1. The van der Waals surface area contributed by atoms with Crippen LogP contribution in [-0.2, 0) is 11.3 Å². The van der Waals surface area contributed by atoms with Gasteiger partial charge in [-0.3, -0.25) is 9.69 Å². The van der Waals surface area contributed by atoms with Gasteiger partial charge in [0.1, 0.15) is 5.75 Å². The summed E-state index contributed by atoms with van der Waals surface area (Å²) in [5, 5.41) is 13.1. The molecule has 4 nitrogen and oxygen atoms in total. The van der Waals surface area contributed by atoms with Crippen molar-refractivity contribution in [3.05, 3.63) is 84.4 Å². The second-order valence-electron chi connectivity index (χ2n) is 7.11. The van der Waals surface area contributed by atoms with E-state index in [4.69, 9.17) is 0 Å². The van der Waals surface area contributed by atoms with Gasteiger partial charge in [-0.25, -0.2) is 0 Å². The van der Waals surface area contributed by atoms with E-state index in [1.54, 1.807) is 6.07 Å². The number of carbonyl (C=O) groups excluding carboxylic acids is 1. The Hall–Kier alpha value is -3.11. The number of hydrogen-bond donors (Lipinski definition) is 2. The van der Waals surface area contributed by atoms with Gasteiger partial charge in [-0.15, -0.1) is 0 Å². The molecule has 1 amide bonds. The third-order valence-corrected chi connectivity index (χ3v) is 4.87. The van der Waals surface area contributed by atoms with Crippen molar-refractivity contribution in [3.8, 4) is 16.9 Å². The molecule has 0 atom stereocenters. The molecule has 0 aliphatic carbocycles. The molecule has 0 unspecified atom stereocenters. The number of anilines is 1. The van der Waals surface area contributed by atoms with Gasteiger partial charge >= 0.3 is 0 Å². The smallest absolute Gasteiger partial charge is 0.225 e. The van der Waals surface area contributed by atoms with Gasteiger partial charge in [0, 0.05) is 36.3 Å². The molecule has 4 heteroatoms. The number of nitrogens with one attached hydrogen (secondary N) is 1. The van der Waals surface area contributed by atoms with E-state index in [-0.39, 0.29) is 5.91 Å². The minimum atomic E-state index is -0.00762. The van der Waals surface area contributed by atoms with Crippen molar-refractivity contribution in [1.82, 2.24) is 4.90 Å². The first-order valence-electron chi connectivity index (χ1n) is 10.1. The second-order valence-corrected chi connectivity index (χ2v) is 7.11. The fraction of sp³-hybridized carbons (Fsp3) is 0.240. The Balaban J connectivity index is 1.62. The Kier molecular flexibility index (Phi) is 7.42. The van der Waals surface area contributed by atoms with E-state index < -0.39 is 0 Å². The first kappa shape index (κ1) is 20.6. The van der Waals surface area contributed by atoms with Crippen molar-refractivity contribution in [2.75, 3.05) is 18.4 Å². The van der Waals surface area contributed by atoms with Crippen LogP contribution in [0.5, 0.6) is 5.75 Å². The number of phenolic OH excluding ortho intramolecular Hbond substituents is 1. The molecular formula is C25H28N2O2. The van der Waals surface area contributed by atoms with Crippen molar-refractivity contribution in [3.63, 3.8) is 0 Å². The molecule has 0 bridgehead atoms. The summed E-state index contributed by atoms with van der Waals surface area (Å²) in [7, 11) is 0. The number of amides is 1. The minimum absolute atomic E-state index is 0.00762. The molecule has 0 aliphatic rings. The number of aromatic hydroxyl groups is 1. The highest BCUT2D eigenvalue weighted by molar-refractivity contribution is 5.95. The zero-order chi connectivity index (χ0) is 20.5. The van der Waals surface area contributed by atoms with Crippen LogP contribution >= 0.6 is 0 Å². The molecule has 0 radical (unpaired) electrons. The fourth-order valence-corrected chi connectivity index (χ4v) is 3.41. The number of phenols is 1. The normalized spacial score (nSPS) is 10.8. The highest BCUT2D eigenvalue weighted by Crippen LogP contribution is 2.27. The summed E-state index contributed by atoms with van der Waals surface area (Å²) in [6.45, 7) is 4.27. The van der Waals surface area contributed by atoms with Crippen molar-refractivity contribution in [1.29, 1.82) is 0 Å². The summed E-state index contributed by atoms with van der Waals surface area (Å²) in [5.74, 6) is 0.293. The van der Waals surface area contributed by atoms with Crippen LogP contribution in [0, 0.1) is 0 Å². The van der Waals surface area contributed by atoms with Gasteiger partial charge in [-0.1, -0.05) is 73.7 Å². The Labute approximate surface area is 172 Å². The highest BCUT2D eigenvalue weighted by atomic mass is 16.3. The molecule has 29 heavy (non-hydrogen) atoms. The Morgan fingerprint density at radius 1 is 0.897 bits per heavy atom. The van der Waals surface area contributed by atoms with E-state index in [2.05, 4.69) is 17.1 Å². The predicted octanol–water partition coefficient (Wildman–Crippen LogP) is 5.30. The van der Waals surface area contributed by atoms with Gasteiger partial charge in [0.2, 0.25) is 5.91 Å². The molecule has 150 valence electrons. The topological polar surface area (TPSA) is 52.6 Å². The van der Waals surface area contributed by atoms with Crippen LogP contribution in [0.15, 0.2) is 78.9 Å². The van der Waals surface area contributed by atoms with Crippen LogP contribution in [0.3, 0.4) is 0 Å². The lowest BCUT2D eigenvalue weighted by molar-refractivity contribution is -0.116. The van der Waals surface area contributed by atoms with Crippen molar-refractivity contribution < 1.29 is 9.90 Å². The molecule has 0 fully saturated rings. The van der Waals surface area contributed by atoms with Crippen LogP contribution in [0.4, 0.5) is 5.69 Å². The van der Waals surface area contributed by atoms with E-state index in [0.717, 1.165) is 35.3 Å². The fourth-order valence-electron chi connectivity index (χ4n) is 3.41. The summed E-state index contributed by atoms with van der Waals surface area (Å²) in [6, 6.07) is 25.3. The second kappa shape index (κ2) is 10.4. The Morgan fingerprint density at radius 2 is 1.59 bits per heavy atom. The molecule has 3 rings (SSSR count). The van der Waals surface area contributed by atoms with Gasteiger partial charge in [0.15, 0.2) is 0 Å². The van der Waals surface area contributed by atoms with Crippen LogP contribution in [-0.4, -0.2) is 29.0 Å². The van der Waals surface area contributed by atoms with Crippen LogP contribution in [0.2, 0.25) is 0 Å². The lowest BCUT2D eigenvalue weighted by atomic mass is 10.0. The molecule has 0 spiro atoms. The van der Waals surface area contributed by atoms with Gasteiger partial charge < -0.3 is 10.4 Å². The average molecular weight is 389 g/mol. The summed E-state index contributed by atoms with van der Waals surface area (Å²) in [5.41, 5.74) is 3.80. The monoisotopic (exact) mass is 388 g/mol. The van der Waals surface area contributed by atoms with Crippen molar-refractivity contribution in [2.45, 2.75) is 26.3 Å². The van der Waals surface area contributed by atoms with E-state index in [9.17, 15) is 9.90 Å². The van der Waals surface area contributed by atoms with E-state index in [1.165, 1.54) is 0 Å². The number of benzene rings is 3. The molecular weight excluding hydrogens is 360 g/mol. The van der Waals surface area contributed by atoms with Crippen LogP contribution in [0.25, 0.3) is 11.1 Å². The zero-order valence-electron chi connectivity index (χ0n) is 16.8. The molecule has 3 aromatic rings. The third-order valence-electron chi connectivity index (χ3n) is 4.87. The lowest BCUT2D eigenvalue weighted by Crippen LogP contribution is -2.28.